The third-order valence-corrected chi connectivity index (χ3v) is 3.72. The van der Waals surface area contributed by atoms with E-state index in [1.54, 1.807) is 20.8 Å². The van der Waals surface area contributed by atoms with Crippen molar-refractivity contribution in [3.63, 3.8) is 0 Å². The van der Waals surface area contributed by atoms with Crippen molar-refractivity contribution < 1.29 is 24.1 Å². The molecular formula is C18H24NO5-. The molecule has 1 aliphatic carbocycles. The molecule has 0 bridgehead atoms. The Morgan fingerprint density at radius 1 is 1.29 bits per heavy atom. The van der Waals surface area contributed by atoms with Gasteiger partial charge in [-0.25, -0.2) is 4.79 Å². The number of hydrogen-bond acceptors (Lipinski definition) is 6. The van der Waals surface area contributed by atoms with E-state index >= 15 is 0 Å². The summed E-state index contributed by atoms with van der Waals surface area (Å²) in [7, 11) is 1.28. The summed E-state index contributed by atoms with van der Waals surface area (Å²) in [6.07, 6.45) is -0.276. The lowest BCUT2D eigenvalue weighted by Crippen LogP contribution is -2.54. The Labute approximate surface area is 142 Å². The standard InChI is InChI=1S/C18H25NO5/c1-17(2,3)24-16(21)19-18(15(20)22-4)10-14(11-18)23-12-13-8-6-5-7-9-13/h5-9,14H,10-12H2,1-4H3,(H,19,21)/p-1. The highest BCUT2D eigenvalue weighted by Crippen LogP contribution is 2.40. The van der Waals surface area contributed by atoms with Crippen LogP contribution in [0.4, 0.5) is 0 Å². The van der Waals surface area contributed by atoms with Crippen LogP contribution in [0.1, 0.15) is 39.2 Å². The topological polar surface area (TPSA) is 80.2 Å². The molecule has 0 saturated heterocycles. The highest BCUT2D eigenvalue weighted by atomic mass is 16.6. The van der Waals surface area contributed by atoms with E-state index in [2.05, 4.69) is 4.99 Å². The minimum absolute atomic E-state index is 0.143. The van der Waals surface area contributed by atoms with Crippen molar-refractivity contribution >= 4 is 12.1 Å². The van der Waals surface area contributed by atoms with E-state index in [4.69, 9.17) is 14.2 Å². The Bertz CT molecular complexity index is 585. The molecule has 1 aromatic carbocycles. The maximum atomic E-state index is 12.1. The van der Waals surface area contributed by atoms with Gasteiger partial charge in [0.2, 0.25) is 0 Å². The molecular weight excluding hydrogens is 310 g/mol. The average Bonchev–Trinajstić information content (AvgIpc) is 2.47. The van der Waals surface area contributed by atoms with Crippen molar-refractivity contribution in [3.8, 4) is 0 Å². The number of carbonyl (C=O) groups excluding carboxylic acids is 1. The highest BCUT2D eigenvalue weighted by Gasteiger charge is 2.52. The van der Waals surface area contributed by atoms with E-state index < -0.39 is 23.2 Å². The van der Waals surface area contributed by atoms with Gasteiger partial charge in [-0.2, -0.15) is 0 Å². The van der Waals surface area contributed by atoms with Gasteiger partial charge in [-0.3, -0.25) is 4.99 Å². The molecule has 0 atom stereocenters. The second kappa shape index (κ2) is 7.21. The van der Waals surface area contributed by atoms with Gasteiger partial charge in [0.1, 0.15) is 6.08 Å². The molecule has 0 unspecified atom stereocenters. The molecule has 0 heterocycles. The molecule has 6 nitrogen and oxygen atoms in total. The lowest BCUT2D eigenvalue weighted by atomic mass is 9.74. The first-order valence-electron chi connectivity index (χ1n) is 7.94. The number of nitrogens with zero attached hydrogens (tertiary/aromatic N) is 1. The lowest BCUT2D eigenvalue weighted by molar-refractivity contribution is -0.262. The lowest BCUT2D eigenvalue weighted by Gasteiger charge is -2.43. The first kappa shape index (κ1) is 18.3. The van der Waals surface area contributed by atoms with Gasteiger partial charge >= 0.3 is 5.97 Å². The van der Waals surface area contributed by atoms with Crippen LogP contribution in [-0.4, -0.2) is 36.4 Å². The molecule has 1 saturated carbocycles. The van der Waals surface area contributed by atoms with Crippen LogP contribution in [-0.2, 0) is 25.6 Å². The number of hydrogen-bond donors (Lipinski definition) is 0. The van der Waals surface area contributed by atoms with E-state index in [0.29, 0.717) is 19.4 Å². The Balaban J connectivity index is 1.97. The Morgan fingerprint density at radius 2 is 1.92 bits per heavy atom. The van der Waals surface area contributed by atoms with Crippen LogP contribution in [0.3, 0.4) is 0 Å². The smallest absolute Gasteiger partial charge is 0.334 e. The molecule has 132 valence electrons. The first-order chi connectivity index (χ1) is 11.2. The molecule has 0 aromatic heterocycles. The van der Waals surface area contributed by atoms with Crippen LogP contribution in [0, 0.1) is 0 Å². The summed E-state index contributed by atoms with van der Waals surface area (Å²) in [5.41, 5.74) is -0.805. The number of rotatable bonds is 5. The zero-order chi connectivity index (χ0) is 17.8. The van der Waals surface area contributed by atoms with Gasteiger partial charge < -0.3 is 19.3 Å². The molecule has 1 aromatic rings. The minimum atomic E-state index is -1.20. The third kappa shape index (κ3) is 4.71. The number of ether oxygens (including phenoxy) is 3. The number of benzene rings is 1. The van der Waals surface area contributed by atoms with Crippen molar-refractivity contribution in [2.24, 2.45) is 4.99 Å². The summed E-state index contributed by atoms with van der Waals surface area (Å²) in [5.74, 6) is -0.534. The molecule has 24 heavy (non-hydrogen) atoms. The molecule has 0 amide bonds. The second-order valence-electron chi connectivity index (χ2n) is 6.94. The predicted octanol–water partition coefficient (Wildman–Crippen LogP) is 1.81. The predicted molar refractivity (Wildman–Crippen MR) is 87.3 cm³/mol. The quantitative estimate of drug-likeness (QED) is 0.466. The first-order valence-corrected chi connectivity index (χ1v) is 7.94. The van der Waals surface area contributed by atoms with Crippen LogP contribution >= 0.6 is 0 Å². The van der Waals surface area contributed by atoms with Crippen molar-refractivity contribution in [1.82, 2.24) is 0 Å². The number of carbonyl (C=O) groups is 1. The van der Waals surface area contributed by atoms with Crippen molar-refractivity contribution in [1.29, 1.82) is 0 Å². The van der Waals surface area contributed by atoms with E-state index in [0.717, 1.165) is 5.56 Å². The fraction of sp³-hybridized carbons (Fsp3) is 0.556. The maximum absolute atomic E-state index is 12.1. The third-order valence-electron chi connectivity index (χ3n) is 3.72. The summed E-state index contributed by atoms with van der Waals surface area (Å²) in [5, 5.41) is 11.9. The summed E-state index contributed by atoms with van der Waals surface area (Å²) in [4.78, 5) is 16.0. The number of esters is 1. The molecule has 2 rings (SSSR count). The van der Waals surface area contributed by atoms with Crippen molar-refractivity contribution in [3.05, 3.63) is 35.9 Å². The summed E-state index contributed by atoms with van der Waals surface area (Å²) >= 11 is 0. The van der Waals surface area contributed by atoms with Crippen LogP contribution < -0.4 is 5.11 Å². The summed E-state index contributed by atoms with van der Waals surface area (Å²) in [6.45, 7) is 5.70. The monoisotopic (exact) mass is 334 g/mol. The van der Waals surface area contributed by atoms with E-state index in [1.807, 2.05) is 30.3 Å². The SMILES string of the molecule is COC(=O)C1(N=C([O-])OC(C)(C)C)CC(OCc2ccccc2)C1. The summed E-state index contributed by atoms with van der Waals surface area (Å²) in [6, 6.07) is 9.76. The van der Waals surface area contributed by atoms with Crippen LogP contribution in [0.25, 0.3) is 0 Å². The Kier molecular flexibility index (Phi) is 5.49. The van der Waals surface area contributed by atoms with Gasteiger partial charge in [-0.1, -0.05) is 51.1 Å². The molecule has 0 radical (unpaired) electrons. The Morgan fingerprint density at radius 3 is 2.46 bits per heavy atom. The Hall–Kier alpha value is -2.08. The molecule has 0 N–H and O–H groups in total. The molecule has 6 heteroatoms. The van der Waals surface area contributed by atoms with Gasteiger partial charge in [0.25, 0.3) is 0 Å². The minimum Gasteiger partial charge on any atom is -0.595 e. The normalized spacial score (nSPS) is 24.2. The second-order valence-corrected chi connectivity index (χ2v) is 6.94. The zero-order valence-electron chi connectivity index (χ0n) is 14.6. The molecule has 1 fully saturated rings. The van der Waals surface area contributed by atoms with Gasteiger partial charge in [-0.15, -0.1) is 0 Å². The van der Waals surface area contributed by atoms with Gasteiger partial charge in [0.15, 0.2) is 5.54 Å². The van der Waals surface area contributed by atoms with Crippen LogP contribution in [0.5, 0.6) is 0 Å². The van der Waals surface area contributed by atoms with E-state index in [-0.39, 0.29) is 6.10 Å². The van der Waals surface area contributed by atoms with E-state index in [1.165, 1.54) is 7.11 Å². The zero-order valence-corrected chi connectivity index (χ0v) is 14.6. The maximum Gasteiger partial charge on any atom is 0.334 e. The largest absolute Gasteiger partial charge is 0.595 e. The van der Waals surface area contributed by atoms with Crippen molar-refractivity contribution in [2.75, 3.05) is 7.11 Å². The molecule has 0 spiro atoms. The number of aliphatic imine (C=N–C) groups is 1. The number of methoxy groups -OCH3 is 1. The fourth-order valence-corrected chi connectivity index (χ4v) is 2.55. The fourth-order valence-electron chi connectivity index (χ4n) is 2.55. The summed E-state index contributed by atoms with van der Waals surface area (Å²) < 4.78 is 15.8. The van der Waals surface area contributed by atoms with E-state index in [9.17, 15) is 9.90 Å². The van der Waals surface area contributed by atoms with Crippen LogP contribution in [0.15, 0.2) is 35.3 Å². The highest BCUT2D eigenvalue weighted by molar-refractivity contribution is 5.85. The van der Waals surface area contributed by atoms with Gasteiger partial charge in [-0.05, 0) is 5.56 Å². The van der Waals surface area contributed by atoms with Gasteiger partial charge in [0, 0.05) is 18.4 Å². The average molecular weight is 334 g/mol. The van der Waals surface area contributed by atoms with Crippen LogP contribution in [0.2, 0.25) is 0 Å². The molecule has 0 aliphatic heterocycles. The molecule has 1 aliphatic rings. The van der Waals surface area contributed by atoms with Crippen molar-refractivity contribution in [2.45, 2.75) is 57.5 Å². The van der Waals surface area contributed by atoms with Gasteiger partial charge in [0.05, 0.1) is 19.8 Å².